The van der Waals surface area contributed by atoms with E-state index in [1.165, 1.54) is 56.3 Å². The molecule has 5 heteroatoms. The summed E-state index contributed by atoms with van der Waals surface area (Å²) in [5.74, 6) is 0. The summed E-state index contributed by atoms with van der Waals surface area (Å²) in [6.45, 7) is 11.7. The normalized spacial score (nSPS) is 20.4. The lowest BCUT2D eigenvalue weighted by Crippen LogP contribution is -2.53. The Kier molecular flexibility index (Phi) is 11.3. The van der Waals surface area contributed by atoms with Crippen LogP contribution in [0.15, 0.2) is 12.2 Å². The molecule has 0 saturated carbocycles. The second-order valence-corrected chi connectivity index (χ2v) is 9.71. The number of nitrogens with zero attached hydrogens (tertiary/aromatic N) is 1. The van der Waals surface area contributed by atoms with Gasteiger partial charge in [0, 0.05) is 0 Å². The molecule has 0 unspecified atom stereocenters. The lowest BCUT2D eigenvalue weighted by Gasteiger charge is -2.36. The first-order valence-corrected chi connectivity index (χ1v) is 11.6. The van der Waals surface area contributed by atoms with Crippen LogP contribution >= 0.6 is 0 Å². The monoisotopic (exact) mass is 411 g/mol. The molecule has 1 aliphatic heterocycles. The number of aliphatic hydroxyl groups excluding tert-OH is 1. The number of ether oxygens (including phenoxy) is 2. The Morgan fingerprint density at radius 3 is 2.24 bits per heavy atom. The predicted molar refractivity (Wildman–Crippen MR) is 119 cm³/mol. The first kappa shape index (κ1) is 26.0. The minimum Gasteiger partial charge on any atom is -0.444 e. The van der Waals surface area contributed by atoms with Gasteiger partial charge in [-0.05, 0) is 47.5 Å². The fourth-order valence-corrected chi connectivity index (χ4v) is 3.69. The molecule has 0 aromatic heterocycles. The Bertz CT molecular complexity index is 496. The number of amides is 1. The van der Waals surface area contributed by atoms with Crippen LogP contribution < -0.4 is 0 Å². The van der Waals surface area contributed by atoms with Crippen molar-refractivity contribution in [3.63, 3.8) is 0 Å². The summed E-state index contributed by atoms with van der Waals surface area (Å²) < 4.78 is 11.3. The zero-order valence-electron chi connectivity index (χ0n) is 19.7. The summed E-state index contributed by atoms with van der Waals surface area (Å²) in [7, 11) is 0. The van der Waals surface area contributed by atoms with E-state index in [-0.39, 0.29) is 0 Å². The van der Waals surface area contributed by atoms with Crippen molar-refractivity contribution in [2.24, 2.45) is 0 Å². The van der Waals surface area contributed by atoms with Crippen molar-refractivity contribution in [1.82, 2.24) is 4.90 Å². The minimum absolute atomic E-state index is 0.301. The SMILES string of the molecule is CCCCCCCCCCC/C=C/[C@@H](O)[C@@H]1COC(C)(C)N1C(=O)OC(C)(C)C. The highest BCUT2D eigenvalue weighted by Crippen LogP contribution is 2.31. The second kappa shape index (κ2) is 12.6. The highest BCUT2D eigenvalue weighted by molar-refractivity contribution is 5.70. The molecule has 1 aliphatic rings. The van der Waals surface area contributed by atoms with Gasteiger partial charge in [0.05, 0.1) is 18.8 Å². The number of hydrogen-bond donors (Lipinski definition) is 1. The van der Waals surface area contributed by atoms with E-state index in [9.17, 15) is 9.90 Å². The molecule has 1 N–H and O–H groups in total. The molecule has 0 radical (unpaired) electrons. The highest BCUT2D eigenvalue weighted by Gasteiger charge is 2.47. The smallest absolute Gasteiger partial charge is 0.413 e. The number of carbonyl (C=O) groups excluding carboxylic acids is 1. The van der Waals surface area contributed by atoms with Gasteiger partial charge in [-0.2, -0.15) is 0 Å². The number of carbonyl (C=O) groups is 1. The van der Waals surface area contributed by atoms with Gasteiger partial charge in [-0.15, -0.1) is 0 Å². The van der Waals surface area contributed by atoms with Crippen LogP contribution in [0.25, 0.3) is 0 Å². The van der Waals surface area contributed by atoms with E-state index in [2.05, 4.69) is 6.92 Å². The molecule has 0 bridgehead atoms. The lowest BCUT2D eigenvalue weighted by atomic mass is 10.1. The van der Waals surface area contributed by atoms with Gasteiger partial charge >= 0.3 is 6.09 Å². The molecule has 1 saturated heterocycles. The molecule has 170 valence electrons. The summed E-state index contributed by atoms with van der Waals surface area (Å²) in [6, 6.07) is -0.431. The summed E-state index contributed by atoms with van der Waals surface area (Å²) in [5, 5.41) is 10.6. The molecule has 5 nitrogen and oxygen atoms in total. The van der Waals surface area contributed by atoms with E-state index in [0.717, 1.165) is 12.8 Å². The molecule has 0 aliphatic carbocycles. The number of aliphatic hydroxyl groups is 1. The van der Waals surface area contributed by atoms with Gasteiger partial charge in [-0.1, -0.05) is 70.4 Å². The lowest BCUT2D eigenvalue weighted by molar-refractivity contribution is -0.0661. The molecule has 1 fully saturated rings. The van der Waals surface area contributed by atoms with Crippen LogP contribution in [-0.4, -0.2) is 46.2 Å². The van der Waals surface area contributed by atoms with E-state index in [1.807, 2.05) is 40.7 Å². The third-order valence-electron chi connectivity index (χ3n) is 5.31. The van der Waals surface area contributed by atoms with Crippen LogP contribution in [0.5, 0.6) is 0 Å². The molecule has 1 rings (SSSR count). The Hall–Kier alpha value is -1.07. The molecular weight excluding hydrogens is 366 g/mol. The van der Waals surface area contributed by atoms with Crippen LogP contribution in [-0.2, 0) is 9.47 Å². The van der Waals surface area contributed by atoms with Gasteiger partial charge in [0.1, 0.15) is 11.3 Å². The predicted octanol–water partition coefficient (Wildman–Crippen LogP) is 6.20. The van der Waals surface area contributed by atoms with Crippen molar-refractivity contribution in [2.75, 3.05) is 6.61 Å². The van der Waals surface area contributed by atoms with Crippen molar-refractivity contribution in [3.8, 4) is 0 Å². The third-order valence-corrected chi connectivity index (χ3v) is 5.31. The summed E-state index contributed by atoms with van der Waals surface area (Å²) in [4.78, 5) is 14.2. The Morgan fingerprint density at radius 2 is 1.69 bits per heavy atom. The van der Waals surface area contributed by atoms with E-state index in [0.29, 0.717) is 6.61 Å². The Labute approximate surface area is 178 Å². The molecule has 1 heterocycles. The van der Waals surface area contributed by atoms with E-state index < -0.39 is 29.6 Å². The molecule has 1 amide bonds. The quantitative estimate of drug-likeness (QED) is 0.307. The van der Waals surface area contributed by atoms with Crippen molar-refractivity contribution in [3.05, 3.63) is 12.2 Å². The van der Waals surface area contributed by atoms with Crippen molar-refractivity contribution >= 4 is 6.09 Å². The second-order valence-electron chi connectivity index (χ2n) is 9.71. The van der Waals surface area contributed by atoms with Crippen molar-refractivity contribution < 1.29 is 19.4 Å². The number of allylic oxidation sites excluding steroid dienone is 1. The summed E-state index contributed by atoms with van der Waals surface area (Å²) in [6.07, 6.45) is 15.3. The van der Waals surface area contributed by atoms with Gasteiger partial charge in [-0.25, -0.2) is 4.79 Å². The zero-order chi connectivity index (χ0) is 21.9. The van der Waals surface area contributed by atoms with Gasteiger partial charge in [0.25, 0.3) is 0 Å². The standard InChI is InChI=1S/C24H45NO4/c1-7-8-9-10-11-12-13-14-15-16-17-18-21(26)20-19-28-24(5,6)25(20)22(27)29-23(2,3)4/h17-18,20-21,26H,7-16,19H2,1-6H3/b18-17+/t20-,21+/m0/s1. The van der Waals surface area contributed by atoms with Crippen LogP contribution in [0.4, 0.5) is 4.79 Å². The van der Waals surface area contributed by atoms with Gasteiger partial charge in [-0.3, -0.25) is 4.90 Å². The molecule has 29 heavy (non-hydrogen) atoms. The van der Waals surface area contributed by atoms with Crippen LogP contribution in [0.2, 0.25) is 0 Å². The molecule has 0 spiro atoms. The molecular formula is C24H45NO4. The fourth-order valence-electron chi connectivity index (χ4n) is 3.69. The van der Waals surface area contributed by atoms with Crippen LogP contribution in [0.1, 0.15) is 106 Å². The van der Waals surface area contributed by atoms with Gasteiger partial charge < -0.3 is 14.6 Å². The van der Waals surface area contributed by atoms with Gasteiger partial charge in [0.2, 0.25) is 0 Å². The molecule has 2 atom stereocenters. The average Bonchev–Trinajstić information content (AvgIpc) is 2.93. The maximum absolute atomic E-state index is 12.6. The fraction of sp³-hybridized carbons (Fsp3) is 0.875. The third kappa shape index (κ3) is 9.99. The van der Waals surface area contributed by atoms with E-state index >= 15 is 0 Å². The summed E-state index contributed by atoms with van der Waals surface area (Å²) >= 11 is 0. The van der Waals surface area contributed by atoms with E-state index in [1.54, 1.807) is 6.08 Å². The zero-order valence-corrected chi connectivity index (χ0v) is 19.7. The van der Waals surface area contributed by atoms with Crippen LogP contribution in [0.3, 0.4) is 0 Å². The van der Waals surface area contributed by atoms with E-state index in [4.69, 9.17) is 9.47 Å². The molecule has 0 aromatic carbocycles. The maximum atomic E-state index is 12.6. The minimum atomic E-state index is -0.793. The first-order valence-electron chi connectivity index (χ1n) is 11.6. The van der Waals surface area contributed by atoms with Crippen LogP contribution in [0, 0.1) is 0 Å². The maximum Gasteiger partial charge on any atom is 0.413 e. The van der Waals surface area contributed by atoms with Crippen molar-refractivity contribution in [1.29, 1.82) is 0 Å². The Balaban J connectivity index is 2.36. The first-order chi connectivity index (χ1) is 13.6. The molecule has 0 aromatic rings. The largest absolute Gasteiger partial charge is 0.444 e. The van der Waals surface area contributed by atoms with Crippen molar-refractivity contribution in [2.45, 2.75) is 129 Å². The number of hydrogen-bond acceptors (Lipinski definition) is 4. The number of unbranched alkanes of at least 4 members (excludes halogenated alkanes) is 9. The average molecular weight is 412 g/mol. The highest BCUT2D eigenvalue weighted by atomic mass is 16.6. The van der Waals surface area contributed by atoms with Gasteiger partial charge in [0.15, 0.2) is 0 Å². The Morgan fingerprint density at radius 1 is 1.14 bits per heavy atom. The summed E-state index contributed by atoms with van der Waals surface area (Å²) in [5.41, 5.74) is -1.38. The number of rotatable bonds is 12. The topological polar surface area (TPSA) is 59.0 Å².